The lowest BCUT2D eigenvalue weighted by Crippen LogP contribution is -2.15. The molecule has 0 saturated heterocycles. The zero-order valence-electron chi connectivity index (χ0n) is 16.1. The summed E-state index contributed by atoms with van der Waals surface area (Å²) < 4.78 is 5.70. The SMILES string of the molecule is Cc1ccc(Cc2c(Nc3ccc(-c4ccccc4)cn3)cccc2C(N)=O)o1. The highest BCUT2D eigenvalue weighted by Crippen LogP contribution is 2.27. The Hall–Kier alpha value is -3.86. The lowest BCUT2D eigenvalue weighted by Gasteiger charge is -2.14. The Bertz CT molecular complexity index is 1130. The molecule has 0 radical (unpaired) electrons. The quantitative estimate of drug-likeness (QED) is 0.486. The molecule has 2 aromatic carbocycles. The van der Waals surface area contributed by atoms with E-state index in [1.165, 1.54) is 0 Å². The van der Waals surface area contributed by atoms with Crippen LogP contribution in [-0.4, -0.2) is 10.9 Å². The number of amides is 1. The van der Waals surface area contributed by atoms with E-state index in [4.69, 9.17) is 10.2 Å². The van der Waals surface area contributed by atoms with Gasteiger partial charge in [0.15, 0.2) is 0 Å². The maximum atomic E-state index is 12.0. The molecule has 0 aliphatic heterocycles. The third-order valence-electron chi connectivity index (χ3n) is 4.72. The van der Waals surface area contributed by atoms with E-state index < -0.39 is 5.91 Å². The molecule has 0 spiro atoms. The van der Waals surface area contributed by atoms with Crippen molar-refractivity contribution >= 4 is 17.4 Å². The summed E-state index contributed by atoms with van der Waals surface area (Å²) in [4.78, 5) is 16.5. The molecule has 0 fully saturated rings. The van der Waals surface area contributed by atoms with Crippen LogP contribution < -0.4 is 11.1 Å². The van der Waals surface area contributed by atoms with Gasteiger partial charge in [-0.15, -0.1) is 0 Å². The average Bonchev–Trinajstić information content (AvgIpc) is 3.15. The van der Waals surface area contributed by atoms with Gasteiger partial charge in [0, 0.05) is 29.4 Å². The van der Waals surface area contributed by atoms with Crippen LogP contribution in [0.4, 0.5) is 11.5 Å². The van der Waals surface area contributed by atoms with Crippen LogP contribution in [-0.2, 0) is 6.42 Å². The zero-order valence-corrected chi connectivity index (χ0v) is 16.1. The van der Waals surface area contributed by atoms with Crippen molar-refractivity contribution in [3.63, 3.8) is 0 Å². The van der Waals surface area contributed by atoms with E-state index in [1.54, 1.807) is 12.1 Å². The summed E-state index contributed by atoms with van der Waals surface area (Å²) in [6.07, 6.45) is 2.28. The fourth-order valence-corrected chi connectivity index (χ4v) is 3.29. The van der Waals surface area contributed by atoms with Gasteiger partial charge in [-0.25, -0.2) is 4.98 Å². The molecule has 5 nitrogen and oxygen atoms in total. The standard InChI is InChI=1S/C24H21N3O2/c1-16-10-12-19(29-16)14-21-20(24(25)28)8-5-9-22(21)27-23-13-11-18(15-26-23)17-6-3-2-4-7-17/h2-13,15H,14H2,1H3,(H2,25,28)(H,26,27). The molecular formula is C24H21N3O2. The molecule has 29 heavy (non-hydrogen) atoms. The molecule has 0 aliphatic carbocycles. The summed E-state index contributed by atoms with van der Waals surface area (Å²) in [5.41, 5.74) is 9.77. The van der Waals surface area contributed by atoms with E-state index >= 15 is 0 Å². The Kier molecular flexibility index (Phi) is 5.12. The second-order valence-corrected chi connectivity index (χ2v) is 6.81. The molecule has 0 atom stereocenters. The molecule has 0 bridgehead atoms. The number of pyridine rings is 1. The van der Waals surface area contributed by atoms with Gasteiger partial charge >= 0.3 is 0 Å². The fraction of sp³-hybridized carbons (Fsp3) is 0.0833. The van der Waals surface area contributed by atoms with Gasteiger partial charge in [-0.2, -0.15) is 0 Å². The van der Waals surface area contributed by atoms with Gasteiger partial charge in [0.2, 0.25) is 5.91 Å². The van der Waals surface area contributed by atoms with E-state index in [2.05, 4.69) is 10.3 Å². The van der Waals surface area contributed by atoms with Gasteiger partial charge in [-0.3, -0.25) is 4.79 Å². The number of nitrogens with two attached hydrogens (primary N) is 1. The summed E-state index contributed by atoms with van der Waals surface area (Å²) in [7, 11) is 0. The van der Waals surface area contributed by atoms with Crippen LogP contribution in [0.25, 0.3) is 11.1 Å². The Morgan fingerprint density at radius 2 is 1.79 bits per heavy atom. The Morgan fingerprint density at radius 1 is 0.966 bits per heavy atom. The number of benzene rings is 2. The van der Waals surface area contributed by atoms with Crippen molar-refractivity contribution in [1.82, 2.24) is 4.98 Å². The van der Waals surface area contributed by atoms with Gasteiger partial charge in [0.1, 0.15) is 17.3 Å². The predicted octanol–water partition coefficient (Wildman–Crippen LogP) is 5.08. The van der Waals surface area contributed by atoms with Crippen LogP contribution in [0.15, 0.2) is 83.4 Å². The average molecular weight is 383 g/mol. The van der Waals surface area contributed by atoms with E-state index in [0.717, 1.165) is 33.9 Å². The van der Waals surface area contributed by atoms with Crippen LogP contribution in [0.5, 0.6) is 0 Å². The van der Waals surface area contributed by atoms with Gasteiger partial charge in [0.25, 0.3) is 0 Å². The number of furan rings is 1. The molecule has 144 valence electrons. The van der Waals surface area contributed by atoms with Crippen LogP contribution in [0.3, 0.4) is 0 Å². The van der Waals surface area contributed by atoms with Crippen molar-refractivity contribution in [2.24, 2.45) is 5.73 Å². The van der Waals surface area contributed by atoms with E-state index in [-0.39, 0.29) is 0 Å². The summed E-state index contributed by atoms with van der Waals surface area (Å²) in [5.74, 6) is 1.80. The predicted molar refractivity (Wildman–Crippen MR) is 114 cm³/mol. The Balaban J connectivity index is 1.64. The van der Waals surface area contributed by atoms with E-state index in [9.17, 15) is 4.79 Å². The molecule has 2 aromatic heterocycles. The fourth-order valence-electron chi connectivity index (χ4n) is 3.29. The number of hydrogen-bond donors (Lipinski definition) is 2. The third kappa shape index (κ3) is 4.19. The van der Waals surface area contributed by atoms with Gasteiger partial charge in [-0.1, -0.05) is 36.4 Å². The molecule has 2 heterocycles. The normalized spacial score (nSPS) is 10.7. The molecule has 5 heteroatoms. The minimum Gasteiger partial charge on any atom is -0.466 e. The lowest BCUT2D eigenvalue weighted by molar-refractivity contribution is 0.0999. The maximum Gasteiger partial charge on any atom is 0.249 e. The van der Waals surface area contributed by atoms with Gasteiger partial charge < -0.3 is 15.5 Å². The van der Waals surface area contributed by atoms with Crippen molar-refractivity contribution in [3.8, 4) is 11.1 Å². The van der Waals surface area contributed by atoms with E-state index in [0.29, 0.717) is 17.8 Å². The maximum absolute atomic E-state index is 12.0. The Labute approximate surface area is 169 Å². The molecule has 0 saturated carbocycles. The van der Waals surface area contributed by atoms with E-state index in [1.807, 2.05) is 73.8 Å². The number of nitrogens with zero attached hydrogens (tertiary/aromatic N) is 1. The van der Waals surface area contributed by atoms with Crippen LogP contribution in [0.1, 0.15) is 27.4 Å². The van der Waals surface area contributed by atoms with Crippen LogP contribution in [0.2, 0.25) is 0 Å². The third-order valence-corrected chi connectivity index (χ3v) is 4.72. The number of aryl methyl sites for hydroxylation is 1. The lowest BCUT2D eigenvalue weighted by atomic mass is 10.00. The molecule has 0 aliphatic rings. The number of anilines is 2. The zero-order chi connectivity index (χ0) is 20.2. The first-order valence-corrected chi connectivity index (χ1v) is 9.35. The summed E-state index contributed by atoms with van der Waals surface area (Å²) in [6.45, 7) is 1.89. The topological polar surface area (TPSA) is 81.1 Å². The highest BCUT2D eigenvalue weighted by molar-refractivity contribution is 5.96. The minimum absolute atomic E-state index is 0.456. The molecule has 4 aromatic rings. The molecule has 4 rings (SSSR count). The van der Waals surface area contributed by atoms with Gasteiger partial charge in [-0.05, 0) is 54.4 Å². The molecule has 0 unspecified atom stereocenters. The summed E-state index contributed by atoms with van der Waals surface area (Å²) in [6, 6.07) is 23.3. The highest BCUT2D eigenvalue weighted by atomic mass is 16.3. The number of rotatable bonds is 6. The van der Waals surface area contributed by atoms with Crippen LogP contribution in [0, 0.1) is 6.92 Å². The number of carbonyl (C=O) groups is 1. The molecular weight excluding hydrogens is 362 g/mol. The first-order valence-electron chi connectivity index (χ1n) is 9.35. The smallest absolute Gasteiger partial charge is 0.249 e. The molecule has 3 N–H and O–H groups in total. The first kappa shape index (κ1) is 18.5. The Morgan fingerprint density at radius 3 is 2.45 bits per heavy atom. The number of aromatic nitrogens is 1. The number of primary amides is 1. The highest BCUT2D eigenvalue weighted by Gasteiger charge is 2.15. The minimum atomic E-state index is -0.473. The van der Waals surface area contributed by atoms with Crippen molar-refractivity contribution in [1.29, 1.82) is 0 Å². The van der Waals surface area contributed by atoms with Crippen molar-refractivity contribution < 1.29 is 9.21 Å². The second-order valence-electron chi connectivity index (χ2n) is 6.81. The number of hydrogen-bond acceptors (Lipinski definition) is 4. The summed E-state index contributed by atoms with van der Waals surface area (Å²) >= 11 is 0. The van der Waals surface area contributed by atoms with Crippen LogP contribution >= 0.6 is 0 Å². The monoisotopic (exact) mass is 383 g/mol. The largest absolute Gasteiger partial charge is 0.466 e. The number of carbonyl (C=O) groups excluding carboxylic acids is 1. The van der Waals surface area contributed by atoms with Crippen molar-refractivity contribution in [2.75, 3.05) is 5.32 Å². The van der Waals surface area contributed by atoms with Crippen molar-refractivity contribution in [3.05, 3.63) is 102 Å². The van der Waals surface area contributed by atoms with Gasteiger partial charge in [0.05, 0.1) is 0 Å². The second kappa shape index (κ2) is 8.02. The molecule has 1 amide bonds. The number of nitrogens with one attached hydrogen (secondary N) is 1. The summed E-state index contributed by atoms with van der Waals surface area (Å²) in [5, 5.41) is 3.31. The first-order chi connectivity index (χ1) is 14.1. The van der Waals surface area contributed by atoms with Crippen molar-refractivity contribution in [2.45, 2.75) is 13.3 Å².